The number of ether oxygens (including phenoxy) is 2. The first kappa shape index (κ1) is 27.8. The molecule has 2 N–H and O–H groups in total. The van der Waals surface area contributed by atoms with Gasteiger partial charge in [0.25, 0.3) is 0 Å². The van der Waals surface area contributed by atoms with Crippen LogP contribution < -0.4 is 20.1 Å². The second-order valence-electron chi connectivity index (χ2n) is 9.42. The highest BCUT2D eigenvalue weighted by Crippen LogP contribution is 2.33. The zero-order chi connectivity index (χ0) is 27.8. The molecule has 8 nitrogen and oxygen atoms in total. The van der Waals surface area contributed by atoms with Gasteiger partial charge in [0.2, 0.25) is 0 Å². The Bertz CT molecular complexity index is 1390. The van der Waals surface area contributed by atoms with Crippen LogP contribution in [0.4, 0.5) is 5.69 Å². The third-order valence-electron chi connectivity index (χ3n) is 6.20. The lowest BCUT2D eigenvalue weighted by molar-refractivity contribution is -0.137. The summed E-state index contributed by atoms with van der Waals surface area (Å²) in [5.74, 6) is 0.299. The highest BCUT2D eigenvalue weighted by atomic mass is 32.2. The number of thioether (sulfide) groups is 1. The number of amides is 2. The van der Waals surface area contributed by atoms with Gasteiger partial charge in [-0.15, -0.1) is 11.8 Å². The zero-order valence-electron chi connectivity index (χ0n) is 22.3. The van der Waals surface area contributed by atoms with Crippen LogP contribution in [-0.2, 0) is 16.2 Å². The van der Waals surface area contributed by atoms with E-state index >= 15 is 0 Å². The van der Waals surface area contributed by atoms with Crippen molar-refractivity contribution >= 4 is 29.3 Å². The van der Waals surface area contributed by atoms with Crippen molar-refractivity contribution in [2.24, 2.45) is 0 Å². The molecule has 0 radical (unpaired) electrons. The van der Waals surface area contributed by atoms with Crippen molar-refractivity contribution in [3.8, 4) is 22.8 Å². The number of benzene rings is 3. The fourth-order valence-electron chi connectivity index (χ4n) is 3.67. The third kappa shape index (κ3) is 7.42. The lowest BCUT2D eigenvalue weighted by atomic mass is 10.0. The van der Waals surface area contributed by atoms with E-state index in [4.69, 9.17) is 13.9 Å². The molecule has 0 fully saturated rings. The first-order valence-corrected chi connectivity index (χ1v) is 13.3. The van der Waals surface area contributed by atoms with E-state index in [9.17, 15) is 9.59 Å². The Labute approximate surface area is 232 Å². The quantitative estimate of drug-likeness (QED) is 0.188. The SMILES string of the molecule is COc1cc(NC(=O)C(=O)NC(C)(C)C(C)Sc2ccc(OCc3ccccc3)cc2)ccc1-c1cnco1. The van der Waals surface area contributed by atoms with E-state index in [-0.39, 0.29) is 5.25 Å². The molecule has 0 aliphatic rings. The second kappa shape index (κ2) is 12.5. The molecule has 0 spiro atoms. The number of hydrogen-bond donors (Lipinski definition) is 2. The van der Waals surface area contributed by atoms with Crippen LogP contribution in [0.25, 0.3) is 11.3 Å². The number of nitrogens with zero attached hydrogens (tertiary/aromatic N) is 1. The number of anilines is 1. The van der Waals surface area contributed by atoms with Gasteiger partial charge in [-0.3, -0.25) is 9.59 Å². The Morgan fingerprint density at radius 1 is 1.03 bits per heavy atom. The van der Waals surface area contributed by atoms with Gasteiger partial charge in [-0.25, -0.2) is 4.98 Å². The topological polar surface area (TPSA) is 103 Å². The van der Waals surface area contributed by atoms with Gasteiger partial charge in [-0.2, -0.15) is 0 Å². The van der Waals surface area contributed by atoms with E-state index in [1.165, 1.54) is 13.5 Å². The maximum Gasteiger partial charge on any atom is 0.313 e. The molecule has 0 saturated carbocycles. The summed E-state index contributed by atoms with van der Waals surface area (Å²) in [5.41, 5.74) is 1.54. The van der Waals surface area contributed by atoms with Gasteiger partial charge >= 0.3 is 11.8 Å². The van der Waals surface area contributed by atoms with Crippen LogP contribution >= 0.6 is 11.8 Å². The Hall–Kier alpha value is -4.24. The fourth-order valence-corrected chi connectivity index (χ4v) is 4.72. The molecule has 1 heterocycles. The Morgan fingerprint density at radius 2 is 1.77 bits per heavy atom. The summed E-state index contributed by atoms with van der Waals surface area (Å²) < 4.78 is 16.6. The van der Waals surface area contributed by atoms with Crippen LogP contribution in [0, 0.1) is 0 Å². The minimum absolute atomic E-state index is 0.0355. The van der Waals surface area contributed by atoms with E-state index in [1.807, 2.05) is 75.4 Å². The molecule has 0 saturated heterocycles. The molecule has 4 rings (SSSR count). The lowest BCUT2D eigenvalue weighted by Gasteiger charge is -2.32. The maximum atomic E-state index is 12.8. The van der Waals surface area contributed by atoms with Crippen molar-refractivity contribution in [2.75, 3.05) is 12.4 Å². The molecule has 1 aromatic heterocycles. The average molecular weight is 546 g/mol. The number of nitrogens with one attached hydrogen (secondary N) is 2. The Morgan fingerprint density at radius 3 is 2.44 bits per heavy atom. The highest BCUT2D eigenvalue weighted by molar-refractivity contribution is 8.00. The molecule has 0 aliphatic heterocycles. The Kier molecular flexibility index (Phi) is 8.93. The normalized spacial score (nSPS) is 11.9. The van der Waals surface area contributed by atoms with Crippen LogP contribution in [0.5, 0.6) is 11.5 Å². The molecular weight excluding hydrogens is 514 g/mol. The largest absolute Gasteiger partial charge is 0.496 e. The zero-order valence-corrected chi connectivity index (χ0v) is 23.1. The molecule has 9 heteroatoms. The molecule has 4 aromatic rings. The fraction of sp³-hybridized carbons (Fsp3) is 0.233. The van der Waals surface area contributed by atoms with Crippen LogP contribution in [-0.4, -0.2) is 34.7 Å². The van der Waals surface area contributed by atoms with Crippen molar-refractivity contribution < 1.29 is 23.5 Å². The second-order valence-corrected chi connectivity index (χ2v) is 10.8. The summed E-state index contributed by atoms with van der Waals surface area (Å²) in [6, 6.07) is 22.9. The highest BCUT2D eigenvalue weighted by Gasteiger charge is 2.31. The van der Waals surface area contributed by atoms with E-state index in [0.29, 0.717) is 29.4 Å². The first-order chi connectivity index (χ1) is 18.7. The number of methoxy groups -OCH3 is 1. The molecule has 39 heavy (non-hydrogen) atoms. The number of carbonyl (C=O) groups is 2. The van der Waals surface area contributed by atoms with E-state index < -0.39 is 17.4 Å². The van der Waals surface area contributed by atoms with Crippen LogP contribution in [0.2, 0.25) is 0 Å². The molecule has 0 aliphatic carbocycles. The molecular formula is C30H31N3O5S. The van der Waals surface area contributed by atoms with Crippen LogP contribution in [0.1, 0.15) is 26.3 Å². The summed E-state index contributed by atoms with van der Waals surface area (Å²) in [5, 5.41) is 5.45. The lowest BCUT2D eigenvalue weighted by Crippen LogP contribution is -2.53. The molecule has 2 amide bonds. The van der Waals surface area contributed by atoms with E-state index in [1.54, 1.807) is 36.2 Å². The Balaban J connectivity index is 1.30. The average Bonchev–Trinajstić information content (AvgIpc) is 3.48. The van der Waals surface area contributed by atoms with Crippen molar-refractivity contribution in [3.63, 3.8) is 0 Å². The van der Waals surface area contributed by atoms with Gasteiger partial charge in [0.05, 0.1) is 18.9 Å². The first-order valence-electron chi connectivity index (χ1n) is 12.4. The van der Waals surface area contributed by atoms with Crippen molar-refractivity contribution in [3.05, 3.63) is 91.0 Å². The summed E-state index contributed by atoms with van der Waals surface area (Å²) in [6.45, 7) is 6.30. The molecule has 0 bridgehead atoms. The van der Waals surface area contributed by atoms with Crippen molar-refractivity contribution in [2.45, 2.75) is 43.1 Å². The number of oxazole rings is 1. The van der Waals surface area contributed by atoms with Crippen LogP contribution in [0.15, 0.2) is 94.7 Å². The van der Waals surface area contributed by atoms with E-state index in [0.717, 1.165) is 16.2 Å². The minimum atomic E-state index is -0.769. The number of aromatic nitrogens is 1. The van der Waals surface area contributed by atoms with Gasteiger partial charge in [-0.1, -0.05) is 37.3 Å². The predicted octanol–water partition coefficient (Wildman–Crippen LogP) is 5.94. The number of carbonyl (C=O) groups excluding carboxylic acids is 2. The third-order valence-corrected chi connectivity index (χ3v) is 7.69. The van der Waals surface area contributed by atoms with Gasteiger partial charge in [0.1, 0.15) is 18.1 Å². The minimum Gasteiger partial charge on any atom is -0.496 e. The monoisotopic (exact) mass is 545 g/mol. The van der Waals surface area contributed by atoms with Gasteiger partial charge in [-0.05, 0) is 55.8 Å². The van der Waals surface area contributed by atoms with Gasteiger partial charge < -0.3 is 24.5 Å². The van der Waals surface area contributed by atoms with Crippen molar-refractivity contribution in [1.82, 2.24) is 10.3 Å². The maximum absolute atomic E-state index is 12.8. The molecule has 1 unspecified atom stereocenters. The molecule has 3 aromatic carbocycles. The van der Waals surface area contributed by atoms with Crippen LogP contribution in [0.3, 0.4) is 0 Å². The summed E-state index contributed by atoms with van der Waals surface area (Å²) in [4.78, 5) is 30.4. The van der Waals surface area contributed by atoms with Gasteiger partial charge in [0, 0.05) is 27.4 Å². The summed E-state index contributed by atoms with van der Waals surface area (Å²) in [6.07, 6.45) is 2.89. The molecule has 202 valence electrons. The summed E-state index contributed by atoms with van der Waals surface area (Å²) in [7, 11) is 1.51. The molecule has 1 atom stereocenters. The number of hydrogen-bond acceptors (Lipinski definition) is 7. The van der Waals surface area contributed by atoms with E-state index in [2.05, 4.69) is 15.6 Å². The summed E-state index contributed by atoms with van der Waals surface area (Å²) >= 11 is 1.60. The smallest absolute Gasteiger partial charge is 0.313 e. The standard InChI is InChI=1S/C30H31N3O5S/c1-20(39-24-13-11-23(12-14-24)37-18-21-8-6-5-7-9-21)30(2,3)33-29(35)28(34)32-22-10-15-25(26(16-22)36-4)27-17-31-19-38-27/h5-17,19-20H,18H2,1-4H3,(H,32,34)(H,33,35). The van der Waals surface area contributed by atoms with Crippen molar-refractivity contribution in [1.29, 1.82) is 0 Å². The van der Waals surface area contributed by atoms with Gasteiger partial charge in [0.15, 0.2) is 12.2 Å². The predicted molar refractivity (Wildman–Crippen MR) is 152 cm³/mol. The number of rotatable bonds is 10.